The molecule has 0 saturated heterocycles. The van der Waals surface area contributed by atoms with Gasteiger partial charge in [-0.1, -0.05) is 6.07 Å². The van der Waals surface area contributed by atoms with E-state index in [1.165, 1.54) is 0 Å². The molecule has 2 N–H and O–H groups in total. The van der Waals surface area contributed by atoms with Gasteiger partial charge >= 0.3 is 6.03 Å². The Morgan fingerprint density at radius 2 is 1.90 bits per heavy atom. The van der Waals surface area contributed by atoms with Crippen LogP contribution in [0.2, 0.25) is 0 Å². The molecule has 0 bridgehead atoms. The molecule has 0 aliphatic carbocycles. The molecule has 0 heterocycles. The molecule has 0 fully saturated rings. The van der Waals surface area contributed by atoms with Gasteiger partial charge in [0.2, 0.25) is 0 Å². The quantitative estimate of drug-likeness (QED) is 0.732. The molecule has 4 nitrogen and oxygen atoms in total. The van der Waals surface area contributed by atoms with E-state index in [-0.39, 0.29) is 6.03 Å². The summed E-state index contributed by atoms with van der Waals surface area (Å²) >= 11 is 2.23. The Balaban J connectivity index is 2.36. The van der Waals surface area contributed by atoms with E-state index in [1.54, 1.807) is 0 Å². The number of nitrogens with one attached hydrogen (secondary N) is 2. The summed E-state index contributed by atoms with van der Waals surface area (Å²) in [6, 6.07) is 8.56. The van der Waals surface area contributed by atoms with Gasteiger partial charge in [-0.2, -0.15) is 0 Å². The highest BCUT2D eigenvalue weighted by Crippen LogP contribution is 2.12. The van der Waals surface area contributed by atoms with Crippen molar-refractivity contribution >= 4 is 34.3 Å². The molecule has 0 atom stereocenters. The van der Waals surface area contributed by atoms with Crippen LogP contribution in [0.25, 0.3) is 0 Å². The van der Waals surface area contributed by atoms with Crippen LogP contribution in [0.1, 0.15) is 27.7 Å². The maximum absolute atomic E-state index is 11.8. The molecule has 112 valence electrons. The van der Waals surface area contributed by atoms with Crippen LogP contribution in [0, 0.1) is 3.57 Å². The van der Waals surface area contributed by atoms with Crippen LogP contribution in [-0.4, -0.2) is 36.1 Å². The van der Waals surface area contributed by atoms with Crippen molar-refractivity contribution in [3.8, 4) is 0 Å². The van der Waals surface area contributed by atoms with Crippen LogP contribution in [0.15, 0.2) is 24.3 Å². The smallest absolute Gasteiger partial charge is 0.319 e. The molecule has 1 rings (SSSR count). The standard InChI is InChI=1S/C15H24IN3O/c1-11(2)19(12(3)4)9-8-17-15(20)18-14-7-5-6-13(16)10-14/h5-7,10-12H,8-9H2,1-4H3,(H2,17,18,20). The van der Waals surface area contributed by atoms with Crippen molar-refractivity contribution in [1.82, 2.24) is 10.2 Å². The second kappa shape index (κ2) is 8.46. The van der Waals surface area contributed by atoms with E-state index in [0.717, 1.165) is 15.8 Å². The predicted octanol–water partition coefficient (Wildman–Crippen LogP) is 3.53. The maximum Gasteiger partial charge on any atom is 0.319 e. The lowest BCUT2D eigenvalue weighted by Crippen LogP contribution is -2.43. The minimum atomic E-state index is -0.153. The normalized spacial score (nSPS) is 11.2. The van der Waals surface area contributed by atoms with Gasteiger partial charge in [0, 0.05) is 34.4 Å². The molecule has 20 heavy (non-hydrogen) atoms. The molecule has 0 radical (unpaired) electrons. The molecule has 0 aliphatic rings. The Morgan fingerprint density at radius 3 is 2.45 bits per heavy atom. The lowest BCUT2D eigenvalue weighted by atomic mass is 10.2. The number of urea groups is 1. The first kappa shape index (κ1) is 17.2. The van der Waals surface area contributed by atoms with Gasteiger partial charge in [-0.05, 0) is 68.5 Å². The van der Waals surface area contributed by atoms with Crippen molar-refractivity contribution in [1.29, 1.82) is 0 Å². The number of benzene rings is 1. The van der Waals surface area contributed by atoms with Crippen LogP contribution >= 0.6 is 22.6 Å². The molecule has 5 heteroatoms. The highest BCUT2D eigenvalue weighted by atomic mass is 127. The minimum absolute atomic E-state index is 0.153. The number of carbonyl (C=O) groups is 1. The van der Waals surface area contributed by atoms with E-state index in [4.69, 9.17) is 0 Å². The molecule has 0 aliphatic heterocycles. The summed E-state index contributed by atoms with van der Waals surface area (Å²) in [5.74, 6) is 0. The van der Waals surface area contributed by atoms with Crippen molar-refractivity contribution in [3.05, 3.63) is 27.8 Å². The zero-order chi connectivity index (χ0) is 15.1. The van der Waals surface area contributed by atoms with E-state index in [9.17, 15) is 4.79 Å². The maximum atomic E-state index is 11.8. The number of anilines is 1. The zero-order valence-electron chi connectivity index (χ0n) is 12.6. The third kappa shape index (κ3) is 6.09. The average Bonchev–Trinajstić information content (AvgIpc) is 2.33. The first-order valence-corrected chi connectivity index (χ1v) is 8.04. The average molecular weight is 389 g/mol. The van der Waals surface area contributed by atoms with Crippen LogP contribution in [-0.2, 0) is 0 Å². The van der Waals surface area contributed by atoms with Crippen LogP contribution < -0.4 is 10.6 Å². The Hall–Kier alpha value is -0.820. The Bertz CT molecular complexity index is 427. The van der Waals surface area contributed by atoms with Gasteiger partial charge in [-0.25, -0.2) is 4.79 Å². The molecule has 1 aromatic rings. The first-order valence-electron chi connectivity index (χ1n) is 6.96. The van der Waals surface area contributed by atoms with E-state index in [0.29, 0.717) is 18.6 Å². The number of hydrogen-bond acceptors (Lipinski definition) is 2. The molecule has 2 amide bonds. The van der Waals surface area contributed by atoms with Crippen LogP contribution in [0.4, 0.5) is 10.5 Å². The number of nitrogens with zero attached hydrogens (tertiary/aromatic N) is 1. The predicted molar refractivity (Wildman–Crippen MR) is 93.2 cm³/mol. The Kier molecular flexibility index (Phi) is 7.29. The van der Waals surface area contributed by atoms with Gasteiger partial charge < -0.3 is 10.6 Å². The summed E-state index contributed by atoms with van der Waals surface area (Å²) in [4.78, 5) is 14.2. The number of carbonyl (C=O) groups excluding carboxylic acids is 1. The lowest BCUT2D eigenvalue weighted by molar-refractivity contribution is 0.176. The van der Waals surface area contributed by atoms with Crippen molar-refractivity contribution in [2.45, 2.75) is 39.8 Å². The second-order valence-electron chi connectivity index (χ2n) is 5.32. The fourth-order valence-electron chi connectivity index (χ4n) is 2.15. The van der Waals surface area contributed by atoms with E-state index < -0.39 is 0 Å². The molecule has 0 spiro atoms. The summed E-state index contributed by atoms with van der Waals surface area (Å²) in [5.41, 5.74) is 0.818. The number of hydrogen-bond donors (Lipinski definition) is 2. The fraction of sp³-hybridized carbons (Fsp3) is 0.533. The van der Waals surface area contributed by atoms with Gasteiger partial charge in [0.1, 0.15) is 0 Å². The number of rotatable bonds is 6. The molecule has 1 aromatic carbocycles. The van der Waals surface area contributed by atoms with Crippen molar-refractivity contribution in [2.75, 3.05) is 18.4 Å². The lowest BCUT2D eigenvalue weighted by Gasteiger charge is -2.30. The fourth-order valence-corrected chi connectivity index (χ4v) is 2.70. The molecular formula is C15H24IN3O. The minimum Gasteiger partial charge on any atom is -0.337 e. The van der Waals surface area contributed by atoms with Crippen LogP contribution in [0.5, 0.6) is 0 Å². The van der Waals surface area contributed by atoms with E-state index in [2.05, 4.69) is 65.8 Å². The van der Waals surface area contributed by atoms with E-state index in [1.807, 2.05) is 24.3 Å². The van der Waals surface area contributed by atoms with Crippen LogP contribution in [0.3, 0.4) is 0 Å². The van der Waals surface area contributed by atoms with Gasteiger partial charge in [0.05, 0.1) is 0 Å². The van der Waals surface area contributed by atoms with Crippen molar-refractivity contribution in [3.63, 3.8) is 0 Å². The number of halogens is 1. The molecule has 0 saturated carbocycles. The third-order valence-corrected chi connectivity index (χ3v) is 3.74. The monoisotopic (exact) mass is 389 g/mol. The highest BCUT2D eigenvalue weighted by molar-refractivity contribution is 14.1. The zero-order valence-corrected chi connectivity index (χ0v) is 14.8. The first-order chi connectivity index (χ1) is 9.40. The Morgan fingerprint density at radius 1 is 1.25 bits per heavy atom. The largest absolute Gasteiger partial charge is 0.337 e. The summed E-state index contributed by atoms with van der Waals surface area (Å²) in [6.07, 6.45) is 0. The van der Waals surface area contributed by atoms with Crippen molar-refractivity contribution in [2.24, 2.45) is 0 Å². The van der Waals surface area contributed by atoms with Gasteiger partial charge in [-0.3, -0.25) is 4.90 Å². The second-order valence-corrected chi connectivity index (χ2v) is 6.56. The Labute approximate surface area is 135 Å². The van der Waals surface area contributed by atoms with Gasteiger partial charge in [0.15, 0.2) is 0 Å². The van der Waals surface area contributed by atoms with Gasteiger partial charge in [0.25, 0.3) is 0 Å². The summed E-state index contributed by atoms with van der Waals surface area (Å²) < 4.78 is 1.10. The number of amides is 2. The highest BCUT2D eigenvalue weighted by Gasteiger charge is 2.12. The van der Waals surface area contributed by atoms with Crippen molar-refractivity contribution < 1.29 is 4.79 Å². The SMILES string of the molecule is CC(C)N(CCNC(=O)Nc1cccc(I)c1)C(C)C. The summed E-state index contributed by atoms with van der Waals surface area (Å²) in [5, 5.41) is 5.74. The summed E-state index contributed by atoms with van der Waals surface area (Å²) in [6.45, 7) is 10.2. The molecule has 0 aromatic heterocycles. The third-order valence-electron chi connectivity index (χ3n) is 3.06. The topological polar surface area (TPSA) is 44.4 Å². The molecular weight excluding hydrogens is 365 g/mol. The van der Waals surface area contributed by atoms with Gasteiger partial charge in [-0.15, -0.1) is 0 Å². The van der Waals surface area contributed by atoms with E-state index >= 15 is 0 Å². The molecule has 0 unspecified atom stereocenters. The summed E-state index contributed by atoms with van der Waals surface area (Å²) in [7, 11) is 0.